The molecule has 1 fully saturated rings. The molecule has 0 unspecified atom stereocenters. The van der Waals surface area contributed by atoms with E-state index in [2.05, 4.69) is 0 Å². The lowest BCUT2D eigenvalue weighted by atomic mass is 9.87. The smallest absolute Gasteiger partial charge is 0.164 e. The fourth-order valence-corrected chi connectivity index (χ4v) is 1.94. The molecule has 1 aliphatic rings. The number of rotatable bonds is 2. The van der Waals surface area contributed by atoms with Crippen molar-refractivity contribution in [2.45, 2.75) is 64.8 Å². The Morgan fingerprint density at radius 2 is 1.79 bits per heavy atom. The maximum Gasteiger partial charge on any atom is 0.164 e. The van der Waals surface area contributed by atoms with Gasteiger partial charge in [0.2, 0.25) is 0 Å². The van der Waals surface area contributed by atoms with Gasteiger partial charge in [-0.3, -0.25) is 0 Å². The summed E-state index contributed by atoms with van der Waals surface area (Å²) in [6.07, 6.45) is 9.54. The molecule has 0 aliphatic heterocycles. The van der Waals surface area contributed by atoms with Gasteiger partial charge in [-0.1, -0.05) is 19.3 Å². The van der Waals surface area contributed by atoms with Gasteiger partial charge in [0, 0.05) is 27.2 Å². The second-order valence-corrected chi connectivity index (χ2v) is 5.42. The average molecular weight is 197 g/mol. The van der Waals surface area contributed by atoms with Crippen molar-refractivity contribution in [2.75, 3.05) is 0 Å². The third-order valence-electron chi connectivity index (χ3n) is 2.99. The van der Waals surface area contributed by atoms with Crippen molar-refractivity contribution in [1.29, 1.82) is 0 Å². The highest BCUT2D eigenvalue weighted by molar-refractivity contribution is 5.52. The van der Waals surface area contributed by atoms with Gasteiger partial charge in [-0.25, -0.2) is 4.74 Å². The average Bonchev–Trinajstić information content (AvgIpc) is 2.14. The first-order valence-corrected chi connectivity index (χ1v) is 5.80. The maximum absolute atomic E-state index is 11.6. The lowest BCUT2D eigenvalue weighted by molar-refractivity contribution is -0.532. The van der Waals surface area contributed by atoms with Crippen LogP contribution in [0.3, 0.4) is 0 Å². The Kier molecular flexibility index (Phi) is 3.97. The summed E-state index contributed by atoms with van der Waals surface area (Å²) in [4.78, 5) is 0. The third kappa shape index (κ3) is 3.69. The monoisotopic (exact) mass is 197 g/mol. The molecule has 0 aromatic heterocycles. The minimum absolute atomic E-state index is 0.269. The summed E-state index contributed by atoms with van der Waals surface area (Å²) in [5, 5.41) is 11.6. The standard InChI is InChI=1S/C12H23NO/c1-12(2,3)13(14)10-9-11-7-5-4-6-8-11/h10-11H,4-9H2,1-3H3/b13-10-. The molecule has 0 aromatic rings. The van der Waals surface area contributed by atoms with Gasteiger partial charge < -0.3 is 5.21 Å². The van der Waals surface area contributed by atoms with Crippen LogP contribution in [0.1, 0.15) is 59.3 Å². The highest BCUT2D eigenvalue weighted by Crippen LogP contribution is 2.25. The molecule has 0 bridgehead atoms. The van der Waals surface area contributed by atoms with Crippen molar-refractivity contribution in [2.24, 2.45) is 5.92 Å². The Morgan fingerprint density at radius 3 is 2.29 bits per heavy atom. The van der Waals surface area contributed by atoms with Crippen molar-refractivity contribution in [1.82, 2.24) is 0 Å². The lowest BCUT2D eigenvalue weighted by Crippen LogP contribution is -2.29. The van der Waals surface area contributed by atoms with Gasteiger partial charge in [0.1, 0.15) is 0 Å². The first-order valence-electron chi connectivity index (χ1n) is 5.80. The summed E-state index contributed by atoms with van der Waals surface area (Å²) < 4.78 is 1.11. The van der Waals surface area contributed by atoms with E-state index in [0.29, 0.717) is 0 Å². The maximum atomic E-state index is 11.6. The summed E-state index contributed by atoms with van der Waals surface area (Å²) in [7, 11) is 0. The Hall–Kier alpha value is -0.530. The molecule has 0 radical (unpaired) electrons. The van der Waals surface area contributed by atoms with Crippen LogP contribution < -0.4 is 0 Å². The lowest BCUT2D eigenvalue weighted by Gasteiger charge is -2.22. The van der Waals surface area contributed by atoms with Gasteiger partial charge in [0.15, 0.2) is 11.8 Å². The summed E-state index contributed by atoms with van der Waals surface area (Å²) >= 11 is 0. The molecule has 0 spiro atoms. The van der Waals surface area contributed by atoms with E-state index >= 15 is 0 Å². The van der Waals surface area contributed by atoms with E-state index in [9.17, 15) is 5.21 Å². The minimum Gasteiger partial charge on any atom is -0.624 e. The van der Waals surface area contributed by atoms with Crippen LogP contribution in [0.2, 0.25) is 0 Å². The normalized spacial score (nSPS) is 21.2. The predicted molar refractivity (Wildman–Crippen MR) is 60.6 cm³/mol. The van der Waals surface area contributed by atoms with Gasteiger partial charge >= 0.3 is 0 Å². The van der Waals surface area contributed by atoms with Crippen LogP contribution in [-0.4, -0.2) is 16.5 Å². The predicted octanol–water partition coefficient (Wildman–Crippen LogP) is 3.34. The summed E-state index contributed by atoms with van der Waals surface area (Å²) in [5.74, 6) is 0.766. The van der Waals surface area contributed by atoms with E-state index in [1.807, 2.05) is 27.0 Å². The second kappa shape index (κ2) is 4.81. The number of nitrogens with zero attached hydrogens (tertiary/aromatic N) is 1. The first kappa shape index (κ1) is 11.5. The minimum atomic E-state index is -0.269. The van der Waals surface area contributed by atoms with Crippen LogP contribution in [0, 0.1) is 11.1 Å². The molecule has 1 aliphatic carbocycles. The summed E-state index contributed by atoms with van der Waals surface area (Å²) in [5.41, 5.74) is -0.269. The summed E-state index contributed by atoms with van der Waals surface area (Å²) in [6.45, 7) is 5.87. The molecule has 0 aromatic carbocycles. The molecule has 82 valence electrons. The van der Waals surface area contributed by atoms with E-state index in [0.717, 1.165) is 17.1 Å². The van der Waals surface area contributed by atoms with E-state index < -0.39 is 0 Å². The SMILES string of the molecule is CC(C)(C)/[N+]([O-])=C/CC1CCCCC1. The van der Waals surface area contributed by atoms with E-state index in [1.165, 1.54) is 32.1 Å². The zero-order valence-electron chi connectivity index (χ0n) is 9.75. The molecule has 0 N–H and O–H groups in total. The molecular formula is C12H23NO. The van der Waals surface area contributed by atoms with Crippen molar-refractivity contribution in [3.63, 3.8) is 0 Å². The van der Waals surface area contributed by atoms with Gasteiger partial charge in [0.25, 0.3) is 0 Å². The second-order valence-electron chi connectivity index (χ2n) is 5.42. The number of hydroxylamine groups is 1. The molecule has 0 amide bonds. The molecule has 1 saturated carbocycles. The molecule has 2 nitrogen and oxygen atoms in total. The van der Waals surface area contributed by atoms with Gasteiger partial charge in [-0.05, 0) is 18.8 Å². The largest absolute Gasteiger partial charge is 0.624 e. The molecular weight excluding hydrogens is 174 g/mol. The topological polar surface area (TPSA) is 26.1 Å². The van der Waals surface area contributed by atoms with E-state index in [1.54, 1.807) is 0 Å². The fourth-order valence-electron chi connectivity index (χ4n) is 1.94. The van der Waals surface area contributed by atoms with Crippen LogP contribution in [0.4, 0.5) is 0 Å². The summed E-state index contributed by atoms with van der Waals surface area (Å²) in [6, 6.07) is 0. The highest BCUT2D eigenvalue weighted by Gasteiger charge is 2.19. The van der Waals surface area contributed by atoms with Crippen LogP contribution >= 0.6 is 0 Å². The number of hydrogen-bond acceptors (Lipinski definition) is 1. The van der Waals surface area contributed by atoms with E-state index in [4.69, 9.17) is 0 Å². The highest BCUT2D eigenvalue weighted by atomic mass is 16.5. The van der Waals surface area contributed by atoms with Crippen LogP contribution in [0.15, 0.2) is 0 Å². The number of hydrogen-bond donors (Lipinski definition) is 0. The molecule has 2 heteroatoms. The van der Waals surface area contributed by atoms with E-state index in [-0.39, 0.29) is 5.54 Å². The zero-order chi connectivity index (χ0) is 10.6. The van der Waals surface area contributed by atoms with Gasteiger partial charge in [-0.2, -0.15) is 0 Å². The molecule has 1 rings (SSSR count). The fraction of sp³-hybridized carbons (Fsp3) is 0.917. The van der Waals surface area contributed by atoms with Crippen LogP contribution in [0.25, 0.3) is 0 Å². The van der Waals surface area contributed by atoms with Crippen molar-refractivity contribution in [3.8, 4) is 0 Å². The van der Waals surface area contributed by atoms with Gasteiger partial charge in [-0.15, -0.1) is 0 Å². The molecule has 0 heterocycles. The van der Waals surface area contributed by atoms with Crippen LogP contribution in [0.5, 0.6) is 0 Å². The van der Waals surface area contributed by atoms with Crippen molar-refractivity contribution < 1.29 is 4.74 Å². The Balaban J connectivity index is 2.37. The van der Waals surface area contributed by atoms with Gasteiger partial charge in [0.05, 0.1) is 0 Å². The Morgan fingerprint density at radius 1 is 1.21 bits per heavy atom. The quantitative estimate of drug-likeness (QED) is 0.288. The molecule has 0 atom stereocenters. The van der Waals surface area contributed by atoms with Crippen LogP contribution in [-0.2, 0) is 0 Å². The van der Waals surface area contributed by atoms with Crippen molar-refractivity contribution in [3.05, 3.63) is 5.21 Å². The Labute approximate surface area is 87.6 Å². The molecule has 0 saturated heterocycles. The zero-order valence-corrected chi connectivity index (χ0v) is 9.75. The first-order chi connectivity index (χ1) is 6.50. The molecule has 14 heavy (non-hydrogen) atoms. The Bertz CT molecular complexity index is 197. The van der Waals surface area contributed by atoms with Crippen molar-refractivity contribution >= 4 is 6.21 Å². The third-order valence-corrected chi connectivity index (χ3v) is 2.99.